The van der Waals surface area contributed by atoms with Gasteiger partial charge in [-0.1, -0.05) is 18.7 Å². The van der Waals surface area contributed by atoms with Crippen molar-refractivity contribution in [2.24, 2.45) is 0 Å². The fourth-order valence-corrected chi connectivity index (χ4v) is 2.75. The van der Waals surface area contributed by atoms with Crippen molar-refractivity contribution in [3.05, 3.63) is 24.3 Å². The Balaban J connectivity index is 2.27. The molecule has 0 amide bonds. The van der Waals surface area contributed by atoms with E-state index in [0.29, 0.717) is 0 Å². The van der Waals surface area contributed by atoms with Crippen molar-refractivity contribution in [2.45, 2.75) is 50.7 Å². The lowest BCUT2D eigenvalue weighted by Gasteiger charge is -2.22. The molecule has 1 heterocycles. The first kappa shape index (κ1) is 9.01. The highest BCUT2D eigenvalue weighted by molar-refractivity contribution is 5.37. The summed E-state index contributed by atoms with van der Waals surface area (Å²) < 4.78 is 5.97. The molecule has 72 valence electrons. The predicted octanol–water partition coefficient (Wildman–Crippen LogP) is 3.22. The lowest BCUT2D eigenvalue weighted by molar-refractivity contribution is 0.300. The van der Waals surface area contributed by atoms with Gasteiger partial charge in [0.2, 0.25) is 0 Å². The molecule has 0 spiro atoms. The fourth-order valence-electron chi connectivity index (χ4n) is 2.75. The maximum atomic E-state index is 5.97. The van der Waals surface area contributed by atoms with Gasteiger partial charge in [-0.25, -0.2) is 0 Å². The second-order valence-electron chi connectivity index (χ2n) is 4.31. The van der Waals surface area contributed by atoms with E-state index in [4.69, 9.17) is 4.74 Å². The molecule has 0 radical (unpaired) electrons. The number of allylic oxidation sites excluding steroid dienone is 1. The molecule has 0 N–H and O–H groups in total. The van der Waals surface area contributed by atoms with Gasteiger partial charge in [0.1, 0.15) is 11.2 Å². The minimum Gasteiger partial charge on any atom is -0.353 e. The number of ether oxygens (including phenoxy) is 1. The molecule has 13 heavy (non-hydrogen) atoms. The van der Waals surface area contributed by atoms with Gasteiger partial charge in [0.05, 0.1) is 0 Å². The Labute approximate surface area is 80.5 Å². The van der Waals surface area contributed by atoms with Crippen LogP contribution in [-0.4, -0.2) is 11.2 Å². The Hall–Kier alpha value is -0.560. The SMILES string of the molecule is C=C(C)C12CCCCC1(C=CC)O2. The van der Waals surface area contributed by atoms with E-state index in [1.165, 1.54) is 24.8 Å². The largest absolute Gasteiger partial charge is 0.353 e. The van der Waals surface area contributed by atoms with Crippen LogP contribution in [-0.2, 0) is 4.74 Å². The zero-order valence-corrected chi connectivity index (χ0v) is 8.60. The van der Waals surface area contributed by atoms with Crippen molar-refractivity contribution < 1.29 is 4.74 Å². The number of fused-ring (bicyclic) bond motifs is 1. The standard InChI is InChI=1S/C12H18O/c1-4-7-11-8-5-6-9-12(11,13-11)10(2)3/h4,7H,2,5-6,8-9H2,1,3H3. The molecule has 2 unspecified atom stereocenters. The van der Waals surface area contributed by atoms with Gasteiger partial charge in [-0.2, -0.15) is 0 Å². The van der Waals surface area contributed by atoms with Gasteiger partial charge < -0.3 is 4.74 Å². The topological polar surface area (TPSA) is 12.5 Å². The number of rotatable bonds is 2. The van der Waals surface area contributed by atoms with E-state index < -0.39 is 0 Å². The van der Waals surface area contributed by atoms with Crippen LogP contribution in [0.1, 0.15) is 39.5 Å². The van der Waals surface area contributed by atoms with E-state index in [1.54, 1.807) is 0 Å². The lowest BCUT2D eigenvalue weighted by Crippen LogP contribution is -2.28. The second kappa shape index (κ2) is 2.71. The molecule has 2 rings (SSSR count). The van der Waals surface area contributed by atoms with Crippen molar-refractivity contribution in [3.63, 3.8) is 0 Å². The molecule has 1 aliphatic carbocycles. The molecule has 0 aromatic heterocycles. The van der Waals surface area contributed by atoms with Gasteiger partial charge >= 0.3 is 0 Å². The highest BCUT2D eigenvalue weighted by Crippen LogP contribution is 2.61. The minimum atomic E-state index is 0.0117. The van der Waals surface area contributed by atoms with Gasteiger partial charge in [-0.3, -0.25) is 0 Å². The second-order valence-corrected chi connectivity index (χ2v) is 4.31. The van der Waals surface area contributed by atoms with Crippen molar-refractivity contribution in [1.82, 2.24) is 0 Å². The van der Waals surface area contributed by atoms with Crippen LogP contribution < -0.4 is 0 Å². The molecule has 0 aromatic carbocycles. The molecule has 1 nitrogen and oxygen atoms in total. The molecular formula is C12H18O. The van der Waals surface area contributed by atoms with Crippen molar-refractivity contribution in [2.75, 3.05) is 0 Å². The highest BCUT2D eigenvalue weighted by atomic mass is 16.6. The summed E-state index contributed by atoms with van der Waals surface area (Å²) in [6, 6.07) is 0. The van der Waals surface area contributed by atoms with E-state index in [9.17, 15) is 0 Å². The summed E-state index contributed by atoms with van der Waals surface area (Å²) in [4.78, 5) is 0. The van der Waals surface area contributed by atoms with Crippen molar-refractivity contribution in [1.29, 1.82) is 0 Å². The molecule has 1 heteroatoms. The Bertz CT molecular complexity index is 266. The van der Waals surface area contributed by atoms with E-state index in [-0.39, 0.29) is 11.2 Å². The van der Waals surface area contributed by atoms with E-state index in [2.05, 4.69) is 32.6 Å². The summed E-state index contributed by atoms with van der Waals surface area (Å²) >= 11 is 0. The first-order valence-corrected chi connectivity index (χ1v) is 5.17. The molecule has 1 saturated heterocycles. The van der Waals surface area contributed by atoms with Crippen LogP contribution in [0.3, 0.4) is 0 Å². The molecule has 1 saturated carbocycles. The maximum absolute atomic E-state index is 5.97. The van der Waals surface area contributed by atoms with Crippen molar-refractivity contribution in [3.8, 4) is 0 Å². The molecule has 0 bridgehead atoms. The Kier molecular flexibility index (Phi) is 1.88. The molecule has 0 aromatic rings. The predicted molar refractivity (Wildman–Crippen MR) is 54.6 cm³/mol. The number of epoxide rings is 1. The molecule has 2 aliphatic rings. The van der Waals surface area contributed by atoms with Crippen LogP contribution in [0.15, 0.2) is 24.3 Å². The van der Waals surface area contributed by atoms with Crippen LogP contribution in [0, 0.1) is 0 Å². The molecular weight excluding hydrogens is 160 g/mol. The third kappa shape index (κ3) is 1.03. The Morgan fingerprint density at radius 2 is 2.08 bits per heavy atom. The zero-order chi connectivity index (χ0) is 9.53. The van der Waals surface area contributed by atoms with Gasteiger partial charge in [-0.05, 0) is 45.1 Å². The summed E-state index contributed by atoms with van der Waals surface area (Å²) in [5, 5.41) is 0. The van der Waals surface area contributed by atoms with Gasteiger partial charge in [0, 0.05) is 0 Å². The monoisotopic (exact) mass is 178 g/mol. The van der Waals surface area contributed by atoms with Crippen LogP contribution in [0.4, 0.5) is 0 Å². The summed E-state index contributed by atoms with van der Waals surface area (Å²) in [7, 11) is 0. The minimum absolute atomic E-state index is 0.0117. The smallest absolute Gasteiger partial charge is 0.122 e. The summed E-state index contributed by atoms with van der Waals surface area (Å²) in [6.45, 7) is 8.22. The molecule has 1 aliphatic heterocycles. The van der Waals surface area contributed by atoms with E-state index in [0.717, 1.165) is 6.42 Å². The first-order valence-electron chi connectivity index (χ1n) is 5.17. The van der Waals surface area contributed by atoms with Gasteiger partial charge in [0.25, 0.3) is 0 Å². The first-order chi connectivity index (χ1) is 6.17. The lowest BCUT2D eigenvalue weighted by atomic mass is 9.76. The quantitative estimate of drug-likeness (QED) is 0.467. The highest BCUT2D eigenvalue weighted by Gasteiger charge is 2.69. The average Bonchev–Trinajstić information content (AvgIpc) is 2.75. The summed E-state index contributed by atoms with van der Waals surface area (Å²) in [5.74, 6) is 0. The molecule has 2 atom stereocenters. The van der Waals surface area contributed by atoms with Crippen molar-refractivity contribution >= 4 is 0 Å². The summed E-state index contributed by atoms with van der Waals surface area (Å²) in [6.07, 6.45) is 9.24. The van der Waals surface area contributed by atoms with Crippen LogP contribution in [0.5, 0.6) is 0 Å². The van der Waals surface area contributed by atoms with E-state index >= 15 is 0 Å². The Morgan fingerprint density at radius 1 is 1.38 bits per heavy atom. The van der Waals surface area contributed by atoms with Crippen LogP contribution in [0.25, 0.3) is 0 Å². The maximum Gasteiger partial charge on any atom is 0.122 e. The fraction of sp³-hybridized carbons (Fsp3) is 0.667. The number of hydrogen-bond donors (Lipinski definition) is 0. The zero-order valence-electron chi connectivity index (χ0n) is 8.60. The third-order valence-electron chi connectivity index (χ3n) is 3.45. The van der Waals surface area contributed by atoms with Gasteiger partial charge in [0.15, 0.2) is 0 Å². The summed E-state index contributed by atoms with van der Waals surface area (Å²) in [5.41, 5.74) is 1.24. The Morgan fingerprint density at radius 3 is 2.69 bits per heavy atom. The van der Waals surface area contributed by atoms with Gasteiger partial charge in [-0.15, -0.1) is 0 Å². The normalized spacial score (nSPS) is 43.2. The van der Waals surface area contributed by atoms with Crippen LogP contribution in [0.2, 0.25) is 0 Å². The molecule has 2 fully saturated rings. The van der Waals surface area contributed by atoms with Crippen LogP contribution >= 0.6 is 0 Å². The van der Waals surface area contributed by atoms with E-state index in [1.807, 2.05) is 0 Å². The third-order valence-corrected chi connectivity index (χ3v) is 3.45. The number of hydrogen-bond acceptors (Lipinski definition) is 1. The average molecular weight is 178 g/mol.